The molecule has 6 heteroatoms. The zero-order valence-electron chi connectivity index (χ0n) is 20.4. The van der Waals surface area contributed by atoms with Crippen molar-refractivity contribution in [1.29, 1.82) is 0 Å². The van der Waals surface area contributed by atoms with Gasteiger partial charge in [-0.25, -0.2) is 0 Å². The normalized spacial score (nSPS) is 11.4. The number of ether oxygens (including phenoxy) is 1. The van der Waals surface area contributed by atoms with Crippen LogP contribution in [-0.2, 0) is 29.1 Å². The lowest BCUT2D eigenvalue weighted by Gasteiger charge is -2.31. The molecule has 0 bridgehead atoms. The van der Waals surface area contributed by atoms with Gasteiger partial charge < -0.3 is 15.0 Å². The van der Waals surface area contributed by atoms with E-state index in [4.69, 9.17) is 16.3 Å². The molecule has 188 valence electrons. The zero-order valence-corrected chi connectivity index (χ0v) is 21.2. The number of benzene rings is 4. The van der Waals surface area contributed by atoms with E-state index < -0.39 is 6.04 Å². The van der Waals surface area contributed by atoms with Crippen LogP contribution < -0.4 is 10.1 Å². The lowest BCUT2D eigenvalue weighted by molar-refractivity contribution is -0.142. The van der Waals surface area contributed by atoms with E-state index in [1.807, 2.05) is 97.1 Å². The highest BCUT2D eigenvalue weighted by atomic mass is 35.5. The minimum atomic E-state index is -0.753. The topological polar surface area (TPSA) is 58.6 Å². The summed E-state index contributed by atoms with van der Waals surface area (Å²) in [5.74, 6) is 0.0626. The number of hydrogen-bond donors (Lipinski definition) is 1. The van der Waals surface area contributed by atoms with Gasteiger partial charge in [-0.3, -0.25) is 9.59 Å². The molecule has 0 saturated carbocycles. The predicted molar refractivity (Wildman–Crippen MR) is 146 cm³/mol. The number of carbonyl (C=O) groups is 2. The summed E-state index contributed by atoms with van der Waals surface area (Å²) < 4.78 is 5.77. The van der Waals surface area contributed by atoms with Gasteiger partial charge >= 0.3 is 0 Å². The molecule has 0 aliphatic heterocycles. The van der Waals surface area contributed by atoms with Crippen LogP contribution in [-0.4, -0.2) is 29.4 Å². The van der Waals surface area contributed by atoms with Gasteiger partial charge in [0.1, 0.15) is 11.8 Å². The highest BCUT2D eigenvalue weighted by Gasteiger charge is 2.30. The molecule has 0 aliphatic carbocycles. The summed E-state index contributed by atoms with van der Waals surface area (Å²) in [6, 6.07) is 35.2. The van der Waals surface area contributed by atoms with E-state index in [2.05, 4.69) is 5.32 Å². The molecule has 0 radical (unpaired) electrons. The Morgan fingerprint density at radius 2 is 1.32 bits per heavy atom. The molecule has 0 spiro atoms. The second-order valence-electron chi connectivity index (χ2n) is 8.62. The Hall–Kier alpha value is -4.09. The smallest absolute Gasteiger partial charge is 0.261 e. The minimum Gasteiger partial charge on any atom is -0.484 e. The van der Waals surface area contributed by atoms with Gasteiger partial charge in [-0.15, -0.1) is 0 Å². The van der Waals surface area contributed by atoms with Gasteiger partial charge in [0.15, 0.2) is 6.61 Å². The van der Waals surface area contributed by atoms with Gasteiger partial charge in [0.2, 0.25) is 5.91 Å². The van der Waals surface area contributed by atoms with Crippen molar-refractivity contribution in [1.82, 2.24) is 10.2 Å². The number of nitrogens with zero attached hydrogens (tertiary/aromatic N) is 1. The summed E-state index contributed by atoms with van der Waals surface area (Å²) in [4.78, 5) is 28.8. The molecule has 0 heterocycles. The van der Waals surface area contributed by atoms with E-state index in [0.717, 1.165) is 16.7 Å². The Kier molecular flexibility index (Phi) is 9.33. The quantitative estimate of drug-likeness (QED) is 0.281. The predicted octanol–water partition coefficient (Wildman–Crippen LogP) is 5.68. The van der Waals surface area contributed by atoms with Crippen LogP contribution >= 0.6 is 11.6 Å². The molecule has 1 atom stereocenters. The maximum atomic E-state index is 13.7. The van der Waals surface area contributed by atoms with Crippen molar-refractivity contribution in [3.05, 3.63) is 137 Å². The molecule has 0 unspecified atom stereocenters. The van der Waals surface area contributed by atoms with Crippen LogP contribution in [0.1, 0.15) is 16.7 Å². The second-order valence-corrected chi connectivity index (χ2v) is 9.03. The molecule has 0 fully saturated rings. The first-order chi connectivity index (χ1) is 18.1. The lowest BCUT2D eigenvalue weighted by atomic mass is 10.0. The van der Waals surface area contributed by atoms with Gasteiger partial charge in [0.25, 0.3) is 5.91 Å². The van der Waals surface area contributed by atoms with E-state index >= 15 is 0 Å². The lowest BCUT2D eigenvalue weighted by Crippen LogP contribution is -2.51. The van der Waals surface area contributed by atoms with Gasteiger partial charge in [0.05, 0.1) is 0 Å². The van der Waals surface area contributed by atoms with Crippen LogP contribution in [0.5, 0.6) is 5.75 Å². The number of carbonyl (C=O) groups excluding carboxylic acids is 2. The van der Waals surface area contributed by atoms with Gasteiger partial charge in [-0.2, -0.15) is 0 Å². The van der Waals surface area contributed by atoms with Crippen molar-refractivity contribution in [2.45, 2.75) is 25.6 Å². The van der Waals surface area contributed by atoms with Gasteiger partial charge in [0, 0.05) is 24.5 Å². The van der Waals surface area contributed by atoms with Crippen molar-refractivity contribution < 1.29 is 14.3 Å². The standard InChI is InChI=1S/C31H29ClN2O3/c32-28-19-11-10-16-26(28)21-33-31(36)29(20-24-12-4-1-5-13-24)34(22-25-14-6-2-7-15-25)30(35)23-37-27-17-8-3-9-18-27/h1-19,29H,20-23H2,(H,33,36)/t29-/m0/s1. The van der Waals surface area contributed by atoms with E-state index in [0.29, 0.717) is 17.2 Å². The van der Waals surface area contributed by atoms with Crippen LogP contribution in [0.15, 0.2) is 115 Å². The number of amides is 2. The number of halogens is 1. The third-order valence-electron chi connectivity index (χ3n) is 5.98. The molecule has 4 aromatic rings. The van der Waals surface area contributed by atoms with Crippen LogP contribution in [0.2, 0.25) is 5.02 Å². The van der Waals surface area contributed by atoms with Gasteiger partial charge in [-0.1, -0.05) is 109 Å². The maximum Gasteiger partial charge on any atom is 0.261 e. The third-order valence-corrected chi connectivity index (χ3v) is 6.35. The number of hydrogen-bond acceptors (Lipinski definition) is 3. The van der Waals surface area contributed by atoms with Gasteiger partial charge in [-0.05, 0) is 34.9 Å². The van der Waals surface area contributed by atoms with Crippen LogP contribution in [0.4, 0.5) is 0 Å². The average molecular weight is 513 g/mol. The molecule has 4 aromatic carbocycles. The Labute approximate surface area is 222 Å². The largest absolute Gasteiger partial charge is 0.484 e. The average Bonchev–Trinajstić information content (AvgIpc) is 2.94. The number of para-hydroxylation sites is 1. The third kappa shape index (κ3) is 7.69. The highest BCUT2D eigenvalue weighted by Crippen LogP contribution is 2.18. The van der Waals surface area contributed by atoms with E-state index in [-0.39, 0.29) is 31.5 Å². The first-order valence-corrected chi connectivity index (χ1v) is 12.5. The molecule has 4 rings (SSSR count). The van der Waals surface area contributed by atoms with Crippen LogP contribution in [0, 0.1) is 0 Å². The summed E-state index contributed by atoms with van der Waals surface area (Å²) in [5.41, 5.74) is 2.69. The Morgan fingerprint density at radius 1 is 0.757 bits per heavy atom. The maximum absolute atomic E-state index is 13.7. The van der Waals surface area contributed by atoms with E-state index in [1.165, 1.54) is 0 Å². The van der Waals surface area contributed by atoms with Crippen molar-refractivity contribution in [2.75, 3.05) is 6.61 Å². The molecule has 0 saturated heterocycles. The highest BCUT2D eigenvalue weighted by molar-refractivity contribution is 6.31. The van der Waals surface area contributed by atoms with Crippen LogP contribution in [0.3, 0.4) is 0 Å². The van der Waals surface area contributed by atoms with Crippen molar-refractivity contribution in [3.8, 4) is 5.75 Å². The molecular weight excluding hydrogens is 484 g/mol. The van der Waals surface area contributed by atoms with Crippen molar-refractivity contribution in [2.24, 2.45) is 0 Å². The summed E-state index contributed by atoms with van der Waals surface area (Å²) in [6.07, 6.45) is 0.360. The Morgan fingerprint density at radius 3 is 1.97 bits per heavy atom. The minimum absolute atomic E-state index is 0.181. The molecule has 0 aliphatic rings. The summed E-state index contributed by atoms with van der Waals surface area (Å²) in [5, 5.41) is 3.58. The van der Waals surface area contributed by atoms with E-state index in [9.17, 15) is 9.59 Å². The Bertz CT molecular complexity index is 1280. The molecule has 5 nitrogen and oxygen atoms in total. The molecule has 0 aromatic heterocycles. The molecule has 2 amide bonds. The fraction of sp³-hybridized carbons (Fsp3) is 0.161. The fourth-order valence-electron chi connectivity index (χ4n) is 4.02. The monoisotopic (exact) mass is 512 g/mol. The molecular formula is C31H29ClN2O3. The zero-order chi connectivity index (χ0) is 25.9. The summed E-state index contributed by atoms with van der Waals surface area (Å²) >= 11 is 6.30. The first kappa shape index (κ1) is 26.0. The molecule has 37 heavy (non-hydrogen) atoms. The second kappa shape index (κ2) is 13.3. The SMILES string of the molecule is O=C(NCc1ccccc1Cl)[C@H](Cc1ccccc1)N(Cc1ccccc1)C(=O)COc1ccccc1. The summed E-state index contributed by atoms with van der Waals surface area (Å²) in [6.45, 7) is 0.354. The summed E-state index contributed by atoms with van der Waals surface area (Å²) in [7, 11) is 0. The number of rotatable bonds is 11. The first-order valence-electron chi connectivity index (χ1n) is 12.2. The van der Waals surface area contributed by atoms with Crippen LogP contribution in [0.25, 0.3) is 0 Å². The van der Waals surface area contributed by atoms with E-state index in [1.54, 1.807) is 23.1 Å². The Balaban J connectivity index is 1.60. The van der Waals surface area contributed by atoms with Crippen molar-refractivity contribution in [3.63, 3.8) is 0 Å². The molecule has 1 N–H and O–H groups in total. The number of nitrogens with one attached hydrogen (secondary N) is 1. The van der Waals surface area contributed by atoms with Crippen molar-refractivity contribution >= 4 is 23.4 Å². The fourth-order valence-corrected chi connectivity index (χ4v) is 4.22.